The summed E-state index contributed by atoms with van der Waals surface area (Å²) in [4.78, 5) is 12.2. The summed E-state index contributed by atoms with van der Waals surface area (Å²) in [5, 5.41) is 12.3. The number of amides is 1. The molecule has 0 aliphatic heterocycles. The molecule has 1 unspecified atom stereocenters. The second kappa shape index (κ2) is 6.52. The average Bonchev–Trinajstić information content (AvgIpc) is 2.95. The normalized spacial score (nSPS) is 12.5. The van der Waals surface area contributed by atoms with E-state index >= 15 is 0 Å². The van der Waals surface area contributed by atoms with Crippen molar-refractivity contribution in [3.05, 3.63) is 33.9 Å². The van der Waals surface area contributed by atoms with Crippen LogP contribution in [0.3, 0.4) is 0 Å². The average molecular weight is 324 g/mol. The Hall–Kier alpha value is -1.82. The van der Waals surface area contributed by atoms with Gasteiger partial charge in [-0.1, -0.05) is 11.6 Å². The highest BCUT2D eigenvalue weighted by atomic mass is 35.5. The molecule has 0 radical (unpaired) electrons. The molecular weight excluding hydrogens is 302 g/mol. The number of nitrogens with one attached hydrogen (secondary N) is 1. The summed E-state index contributed by atoms with van der Waals surface area (Å²) >= 11 is 6.10. The van der Waals surface area contributed by atoms with Crippen LogP contribution in [0.1, 0.15) is 42.5 Å². The first kappa shape index (κ1) is 16.5. The summed E-state index contributed by atoms with van der Waals surface area (Å²) in [6.45, 7) is 10.6. The highest BCUT2D eigenvalue weighted by molar-refractivity contribution is 6.31. The lowest BCUT2D eigenvalue weighted by atomic mass is 10.1. The van der Waals surface area contributed by atoms with Crippen LogP contribution in [0.15, 0.2) is 6.20 Å². The second-order valence-electron chi connectivity index (χ2n) is 5.46. The van der Waals surface area contributed by atoms with Crippen LogP contribution in [0.25, 0.3) is 0 Å². The summed E-state index contributed by atoms with van der Waals surface area (Å²) in [6, 6.07) is -0.0970. The summed E-state index contributed by atoms with van der Waals surface area (Å²) in [6.07, 6.45) is 1.97. The van der Waals surface area contributed by atoms with Crippen molar-refractivity contribution in [1.29, 1.82) is 0 Å². The number of hydrogen-bond donors (Lipinski definition) is 1. The van der Waals surface area contributed by atoms with Crippen LogP contribution in [0.4, 0.5) is 0 Å². The lowest BCUT2D eigenvalue weighted by molar-refractivity contribution is -0.122. The van der Waals surface area contributed by atoms with Gasteiger partial charge in [0.15, 0.2) is 0 Å². The van der Waals surface area contributed by atoms with Crippen molar-refractivity contribution in [3.8, 4) is 0 Å². The molecule has 2 aromatic rings. The highest BCUT2D eigenvalue weighted by Crippen LogP contribution is 2.19. The Morgan fingerprint density at radius 3 is 2.50 bits per heavy atom. The van der Waals surface area contributed by atoms with Gasteiger partial charge in [-0.15, -0.1) is 0 Å². The van der Waals surface area contributed by atoms with Crippen LogP contribution in [-0.2, 0) is 17.9 Å². The van der Waals surface area contributed by atoms with Gasteiger partial charge in [-0.2, -0.15) is 10.2 Å². The molecule has 0 saturated heterocycles. The van der Waals surface area contributed by atoms with Crippen molar-refractivity contribution in [2.24, 2.45) is 0 Å². The van der Waals surface area contributed by atoms with E-state index in [1.807, 2.05) is 45.5 Å². The third-order valence-electron chi connectivity index (χ3n) is 3.74. The van der Waals surface area contributed by atoms with E-state index in [0.717, 1.165) is 29.2 Å². The fourth-order valence-corrected chi connectivity index (χ4v) is 2.59. The standard InChI is InChI=1S/C15H22ClN5O/c1-6-20-7-13(10(3)18-20)9(2)17-14(22)8-21-12(5)15(16)11(4)19-21/h7,9H,6,8H2,1-5H3,(H,17,22). The lowest BCUT2D eigenvalue weighted by Crippen LogP contribution is -2.31. The molecule has 1 amide bonds. The summed E-state index contributed by atoms with van der Waals surface area (Å²) in [7, 11) is 0. The van der Waals surface area contributed by atoms with Crippen molar-refractivity contribution in [2.45, 2.75) is 53.8 Å². The van der Waals surface area contributed by atoms with Gasteiger partial charge < -0.3 is 5.32 Å². The minimum atomic E-state index is -0.0987. The Labute approximate surface area is 135 Å². The van der Waals surface area contributed by atoms with Crippen molar-refractivity contribution >= 4 is 17.5 Å². The van der Waals surface area contributed by atoms with Gasteiger partial charge in [0.25, 0.3) is 0 Å². The molecule has 1 N–H and O–H groups in total. The molecule has 2 rings (SSSR count). The van der Waals surface area contributed by atoms with Crippen molar-refractivity contribution < 1.29 is 4.79 Å². The van der Waals surface area contributed by atoms with E-state index in [0.29, 0.717) is 5.02 Å². The maximum Gasteiger partial charge on any atom is 0.242 e. The van der Waals surface area contributed by atoms with E-state index in [1.54, 1.807) is 4.68 Å². The fraction of sp³-hybridized carbons (Fsp3) is 0.533. The van der Waals surface area contributed by atoms with Gasteiger partial charge in [-0.25, -0.2) is 0 Å². The van der Waals surface area contributed by atoms with Crippen LogP contribution >= 0.6 is 11.6 Å². The number of aryl methyl sites for hydroxylation is 3. The summed E-state index contributed by atoms with van der Waals surface area (Å²) < 4.78 is 3.50. The molecule has 120 valence electrons. The molecule has 0 saturated carbocycles. The van der Waals surface area contributed by atoms with Gasteiger partial charge in [-0.05, 0) is 34.6 Å². The fourth-order valence-electron chi connectivity index (χ4n) is 2.45. The molecule has 0 bridgehead atoms. The van der Waals surface area contributed by atoms with Gasteiger partial charge in [0.05, 0.1) is 28.1 Å². The maximum atomic E-state index is 12.2. The molecule has 0 aliphatic carbocycles. The van der Waals surface area contributed by atoms with Gasteiger partial charge in [0, 0.05) is 18.3 Å². The van der Waals surface area contributed by atoms with Gasteiger partial charge in [0.2, 0.25) is 5.91 Å². The highest BCUT2D eigenvalue weighted by Gasteiger charge is 2.17. The predicted octanol–water partition coefficient (Wildman–Crippen LogP) is 2.56. The first-order valence-corrected chi connectivity index (χ1v) is 7.74. The predicted molar refractivity (Wildman–Crippen MR) is 85.9 cm³/mol. The minimum Gasteiger partial charge on any atom is -0.348 e. The molecule has 7 heteroatoms. The zero-order chi connectivity index (χ0) is 16.4. The molecule has 0 aliphatic rings. The van der Waals surface area contributed by atoms with E-state index in [4.69, 9.17) is 11.6 Å². The number of aromatic nitrogens is 4. The molecule has 2 heterocycles. The Morgan fingerprint density at radius 2 is 2.00 bits per heavy atom. The molecule has 2 aromatic heterocycles. The Balaban J connectivity index is 2.04. The van der Waals surface area contributed by atoms with E-state index < -0.39 is 0 Å². The zero-order valence-corrected chi connectivity index (χ0v) is 14.4. The number of carbonyl (C=O) groups is 1. The molecule has 0 fully saturated rings. The Kier molecular flexibility index (Phi) is 4.90. The largest absolute Gasteiger partial charge is 0.348 e. The van der Waals surface area contributed by atoms with E-state index in [1.165, 1.54) is 0 Å². The Bertz CT molecular complexity index is 688. The molecule has 0 aromatic carbocycles. The molecule has 22 heavy (non-hydrogen) atoms. The number of halogens is 1. The van der Waals surface area contributed by atoms with Crippen molar-refractivity contribution in [1.82, 2.24) is 24.9 Å². The molecule has 0 spiro atoms. The monoisotopic (exact) mass is 323 g/mol. The topological polar surface area (TPSA) is 64.7 Å². The third kappa shape index (κ3) is 3.32. The van der Waals surface area contributed by atoms with Crippen LogP contribution in [0.5, 0.6) is 0 Å². The molecule has 1 atom stereocenters. The molecule has 6 nitrogen and oxygen atoms in total. The number of rotatable bonds is 5. The summed E-state index contributed by atoms with van der Waals surface area (Å²) in [5.41, 5.74) is 3.50. The second-order valence-corrected chi connectivity index (χ2v) is 5.84. The van der Waals surface area contributed by atoms with Crippen LogP contribution in [-0.4, -0.2) is 25.5 Å². The quantitative estimate of drug-likeness (QED) is 0.919. The lowest BCUT2D eigenvalue weighted by Gasteiger charge is -2.13. The summed E-state index contributed by atoms with van der Waals surface area (Å²) in [5.74, 6) is -0.0987. The SMILES string of the molecule is CCn1cc(C(C)NC(=O)Cn2nc(C)c(Cl)c2C)c(C)n1. The van der Waals surface area contributed by atoms with E-state index in [-0.39, 0.29) is 18.5 Å². The van der Waals surface area contributed by atoms with Crippen LogP contribution in [0.2, 0.25) is 5.02 Å². The number of nitrogens with zero attached hydrogens (tertiary/aromatic N) is 4. The van der Waals surface area contributed by atoms with Crippen LogP contribution < -0.4 is 5.32 Å². The zero-order valence-electron chi connectivity index (χ0n) is 13.6. The Morgan fingerprint density at radius 1 is 1.32 bits per heavy atom. The van der Waals surface area contributed by atoms with Crippen molar-refractivity contribution in [2.75, 3.05) is 0 Å². The number of hydrogen-bond acceptors (Lipinski definition) is 3. The third-order valence-corrected chi connectivity index (χ3v) is 4.29. The first-order chi connectivity index (χ1) is 10.3. The van der Waals surface area contributed by atoms with Gasteiger partial charge in [-0.3, -0.25) is 14.2 Å². The van der Waals surface area contributed by atoms with E-state index in [9.17, 15) is 4.79 Å². The van der Waals surface area contributed by atoms with Gasteiger partial charge in [0.1, 0.15) is 6.54 Å². The molecular formula is C15H22ClN5O. The van der Waals surface area contributed by atoms with Crippen LogP contribution in [0, 0.1) is 20.8 Å². The minimum absolute atomic E-state index is 0.0970. The van der Waals surface area contributed by atoms with Crippen molar-refractivity contribution in [3.63, 3.8) is 0 Å². The van der Waals surface area contributed by atoms with E-state index in [2.05, 4.69) is 15.5 Å². The van der Waals surface area contributed by atoms with Gasteiger partial charge >= 0.3 is 0 Å². The smallest absolute Gasteiger partial charge is 0.242 e. The first-order valence-electron chi connectivity index (χ1n) is 7.36. The number of carbonyl (C=O) groups excluding carboxylic acids is 1. The maximum absolute atomic E-state index is 12.2.